The molecule has 9 nitrogen and oxygen atoms in total. The standard InChI is InChI=1S/C21H21N5O4/c1-14-5-7-18(26(28)29)10-20(14)22-21(27)12-25-11-17(23-24-25)13-30-19-8-6-15-3-2-4-16(15)9-19/h5-11H,2-4,12-13H2,1H3,(H,22,27). The van der Waals surface area contributed by atoms with Crippen molar-refractivity contribution in [2.75, 3.05) is 5.32 Å². The molecule has 3 aromatic rings. The monoisotopic (exact) mass is 407 g/mol. The molecule has 1 amide bonds. The van der Waals surface area contributed by atoms with Gasteiger partial charge in [0.1, 0.15) is 24.6 Å². The second kappa shape index (κ2) is 8.32. The minimum atomic E-state index is -0.500. The lowest BCUT2D eigenvalue weighted by molar-refractivity contribution is -0.384. The average molecular weight is 407 g/mol. The summed E-state index contributed by atoms with van der Waals surface area (Å²) in [5, 5.41) is 21.6. The van der Waals surface area contributed by atoms with Gasteiger partial charge < -0.3 is 10.1 Å². The number of hydrogen-bond donors (Lipinski definition) is 1. The van der Waals surface area contributed by atoms with E-state index in [0.29, 0.717) is 11.4 Å². The van der Waals surface area contributed by atoms with Gasteiger partial charge in [-0.15, -0.1) is 5.10 Å². The predicted molar refractivity (Wildman–Crippen MR) is 109 cm³/mol. The molecule has 0 radical (unpaired) electrons. The Balaban J connectivity index is 1.33. The Morgan fingerprint density at radius 3 is 2.90 bits per heavy atom. The summed E-state index contributed by atoms with van der Waals surface area (Å²) < 4.78 is 7.21. The van der Waals surface area contributed by atoms with Crippen LogP contribution in [0, 0.1) is 17.0 Å². The summed E-state index contributed by atoms with van der Waals surface area (Å²) in [6.07, 6.45) is 5.04. The van der Waals surface area contributed by atoms with Crippen LogP contribution in [0.2, 0.25) is 0 Å². The molecule has 0 fully saturated rings. The molecule has 1 aliphatic rings. The molecule has 9 heteroatoms. The van der Waals surface area contributed by atoms with Crippen molar-refractivity contribution in [1.29, 1.82) is 0 Å². The molecule has 0 spiro atoms. The Labute approximate surface area is 172 Å². The summed E-state index contributed by atoms with van der Waals surface area (Å²) in [7, 11) is 0. The number of carbonyl (C=O) groups excluding carboxylic acids is 1. The molecule has 0 atom stereocenters. The number of aryl methyl sites for hydroxylation is 3. The maximum atomic E-state index is 12.3. The van der Waals surface area contributed by atoms with Crippen LogP contribution in [0.25, 0.3) is 0 Å². The van der Waals surface area contributed by atoms with Gasteiger partial charge >= 0.3 is 0 Å². The average Bonchev–Trinajstić information content (AvgIpc) is 3.36. The van der Waals surface area contributed by atoms with E-state index in [2.05, 4.69) is 27.8 Å². The summed E-state index contributed by atoms with van der Waals surface area (Å²) in [4.78, 5) is 22.7. The number of anilines is 1. The lowest BCUT2D eigenvalue weighted by Crippen LogP contribution is -2.19. The van der Waals surface area contributed by atoms with E-state index in [9.17, 15) is 14.9 Å². The van der Waals surface area contributed by atoms with Gasteiger partial charge in [-0.2, -0.15) is 0 Å². The maximum absolute atomic E-state index is 12.3. The number of nitrogens with one attached hydrogen (secondary N) is 1. The van der Waals surface area contributed by atoms with E-state index < -0.39 is 4.92 Å². The number of nitrogens with zero attached hydrogens (tertiary/aromatic N) is 4. The largest absolute Gasteiger partial charge is 0.487 e. The molecule has 1 aliphatic carbocycles. The third-order valence-electron chi connectivity index (χ3n) is 5.05. The number of rotatable bonds is 7. The second-order valence-corrected chi connectivity index (χ2v) is 7.28. The highest BCUT2D eigenvalue weighted by atomic mass is 16.6. The van der Waals surface area contributed by atoms with Crippen LogP contribution < -0.4 is 10.1 Å². The zero-order valence-corrected chi connectivity index (χ0v) is 16.5. The third-order valence-corrected chi connectivity index (χ3v) is 5.05. The van der Waals surface area contributed by atoms with E-state index in [-0.39, 0.29) is 24.7 Å². The lowest BCUT2D eigenvalue weighted by atomic mass is 10.1. The third kappa shape index (κ3) is 4.45. The quantitative estimate of drug-likeness (QED) is 0.475. The van der Waals surface area contributed by atoms with Crippen molar-refractivity contribution in [1.82, 2.24) is 15.0 Å². The summed E-state index contributed by atoms with van der Waals surface area (Å²) in [5.41, 5.74) is 4.38. The number of benzene rings is 2. The van der Waals surface area contributed by atoms with Crippen molar-refractivity contribution in [2.45, 2.75) is 39.3 Å². The van der Waals surface area contributed by atoms with Gasteiger partial charge in [0.15, 0.2) is 0 Å². The molecule has 0 bridgehead atoms. The Hall–Kier alpha value is -3.75. The van der Waals surface area contributed by atoms with Crippen molar-refractivity contribution in [2.24, 2.45) is 0 Å². The van der Waals surface area contributed by atoms with Crippen molar-refractivity contribution in [3.05, 3.63) is 75.1 Å². The van der Waals surface area contributed by atoms with E-state index in [1.165, 1.54) is 34.4 Å². The molecule has 0 unspecified atom stereocenters. The van der Waals surface area contributed by atoms with E-state index in [1.54, 1.807) is 19.2 Å². The fraction of sp³-hybridized carbons (Fsp3) is 0.286. The number of nitro benzene ring substituents is 1. The Kier molecular flexibility index (Phi) is 5.42. The van der Waals surface area contributed by atoms with Crippen LogP contribution >= 0.6 is 0 Å². The zero-order chi connectivity index (χ0) is 21.1. The van der Waals surface area contributed by atoms with Crippen LogP contribution in [0.15, 0.2) is 42.6 Å². The fourth-order valence-electron chi connectivity index (χ4n) is 3.47. The molecule has 0 saturated heterocycles. The van der Waals surface area contributed by atoms with E-state index in [0.717, 1.165) is 24.2 Å². The number of carbonyl (C=O) groups is 1. The number of amides is 1. The van der Waals surface area contributed by atoms with Crippen molar-refractivity contribution >= 4 is 17.3 Å². The Bertz CT molecular complexity index is 1110. The highest BCUT2D eigenvalue weighted by Gasteiger charge is 2.14. The summed E-state index contributed by atoms with van der Waals surface area (Å²) in [5.74, 6) is 0.443. The minimum Gasteiger partial charge on any atom is -0.487 e. The van der Waals surface area contributed by atoms with Crippen LogP contribution in [0.4, 0.5) is 11.4 Å². The van der Waals surface area contributed by atoms with E-state index in [4.69, 9.17) is 4.74 Å². The number of hydrogen-bond acceptors (Lipinski definition) is 6. The SMILES string of the molecule is Cc1ccc([N+](=O)[O-])cc1NC(=O)Cn1cc(COc2ccc3c(c2)CCC3)nn1. The van der Waals surface area contributed by atoms with Gasteiger partial charge in [0.25, 0.3) is 5.69 Å². The number of ether oxygens (including phenoxy) is 1. The molecule has 154 valence electrons. The van der Waals surface area contributed by atoms with Crippen LogP contribution in [0.5, 0.6) is 5.75 Å². The van der Waals surface area contributed by atoms with Crippen LogP contribution in [-0.2, 0) is 30.8 Å². The highest BCUT2D eigenvalue weighted by Crippen LogP contribution is 2.26. The molecule has 30 heavy (non-hydrogen) atoms. The molecule has 0 aliphatic heterocycles. The zero-order valence-electron chi connectivity index (χ0n) is 16.5. The first kappa shape index (κ1) is 19.6. The molecule has 4 rings (SSSR count). The number of non-ortho nitro benzene ring substituents is 1. The molecule has 1 N–H and O–H groups in total. The van der Waals surface area contributed by atoms with Gasteiger partial charge in [-0.1, -0.05) is 17.3 Å². The fourth-order valence-corrected chi connectivity index (χ4v) is 3.47. The summed E-state index contributed by atoms with van der Waals surface area (Å²) >= 11 is 0. The molecule has 0 saturated carbocycles. The van der Waals surface area contributed by atoms with Gasteiger partial charge in [-0.05, 0) is 55.0 Å². The number of nitro groups is 1. The number of fused-ring (bicyclic) bond motifs is 1. The molecular formula is C21H21N5O4. The van der Waals surface area contributed by atoms with Gasteiger partial charge in [0, 0.05) is 12.1 Å². The van der Waals surface area contributed by atoms with E-state index in [1.807, 2.05) is 6.07 Å². The van der Waals surface area contributed by atoms with E-state index >= 15 is 0 Å². The maximum Gasteiger partial charge on any atom is 0.271 e. The van der Waals surface area contributed by atoms with Gasteiger partial charge in [-0.3, -0.25) is 14.9 Å². The lowest BCUT2D eigenvalue weighted by Gasteiger charge is -2.08. The highest BCUT2D eigenvalue weighted by molar-refractivity contribution is 5.91. The van der Waals surface area contributed by atoms with Crippen LogP contribution in [-0.4, -0.2) is 25.8 Å². The Morgan fingerprint density at radius 2 is 2.07 bits per heavy atom. The first-order valence-electron chi connectivity index (χ1n) is 9.66. The van der Waals surface area contributed by atoms with Gasteiger partial charge in [0.05, 0.1) is 16.8 Å². The molecular weight excluding hydrogens is 386 g/mol. The second-order valence-electron chi connectivity index (χ2n) is 7.28. The van der Waals surface area contributed by atoms with Crippen LogP contribution in [0.3, 0.4) is 0 Å². The topological polar surface area (TPSA) is 112 Å². The smallest absolute Gasteiger partial charge is 0.271 e. The van der Waals surface area contributed by atoms with Crippen molar-refractivity contribution < 1.29 is 14.5 Å². The Morgan fingerprint density at radius 1 is 1.23 bits per heavy atom. The normalized spacial score (nSPS) is 12.4. The molecule has 1 aromatic heterocycles. The van der Waals surface area contributed by atoms with Crippen molar-refractivity contribution in [3.8, 4) is 5.75 Å². The van der Waals surface area contributed by atoms with Gasteiger partial charge in [-0.25, -0.2) is 4.68 Å². The van der Waals surface area contributed by atoms with Gasteiger partial charge in [0.2, 0.25) is 5.91 Å². The minimum absolute atomic E-state index is 0.0615. The molecule has 2 aromatic carbocycles. The predicted octanol–water partition coefficient (Wildman–Crippen LogP) is 3.20. The first-order valence-corrected chi connectivity index (χ1v) is 9.66. The summed E-state index contributed by atoms with van der Waals surface area (Å²) in [6.45, 7) is 1.96. The number of aromatic nitrogens is 3. The molecule has 1 heterocycles. The van der Waals surface area contributed by atoms with Crippen molar-refractivity contribution in [3.63, 3.8) is 0 Å². The van der Waals surface area contributed by atoms with Crippen LogP contribution in [0.1, 0.15) is 28.8 Å². The summed E-state index contributed by atoms with van der Waals surface area (Å²) in [6, 6.07) is 10.5. The first-order chi connectivity index (χ1) is 14.5.